The van der Waals surface area contributed by atoms with Gasteiger partial charge in [-0.15, -0.1) is 0 Å². The normalized spacial score (nSPS) is 36.6. The Bertz CT molecular complexity index is 771. The highest BCUT2D eigenvalue weighted by molar-refractivity contribution is 5.98. The summed E-state index contributed by atoms with van der Waals surface area (Å²) in [5, 5.41) is 10.5. The molecule has 5 nitrogen and oxygen atoms in total. The first kappa shape index (κ1) is 13.4. The molecular weight excluding hydrogens is 294 g/mol. The molecule has 0 amide bonds. The predicted molar refractivity (Wildman–Crippen MR) is 83.1 cm³/mol. The van der Waals surface area contributed by atoms with E-state index in [1.54, 1.807) is 19.3 Å². The lowest BCUT2D eigenvalue weighted by Gasteiger charge is -2.55. The quantitative estimate of drug-likeness (QED) is 0.849. The van der Waals surface area contributed by atoms with Crippen molar-refractivity contribution in [1.29, 1.82) is 0 Å². The van der Waals surface area contributed by atoms with Gasteiger partial charge in [0, 0.05) is 29.2 Å². The molecule has 2 aliphatic carbocycles. The van der Waals surface area contributed by atoms with Crippen molar-refractivity contribution in [1.82, 2.24) is 4.90 Å². The first-order valence-corrected chi connectivity index (χ1v) is 8.10. The Labute approximate surface area is 134 Å². The van der Waals surface area contributed by atoms with Crippen LogP contribution < -0.4 is 9.47 Å². The van der Waals surface area contributed by atoms with E-state index in [1.165, 1.54) is 0 Å². The third kappa shape index (κ3) is 1.36. The molecule has 5 heteroatoms. The maximum Gasteiger partial charge on any atom is 0.196 e. The molecule has 1 fully saturated rings. The number of likely N-dealkylation sites (N-methyl/N-ethyl adjacent to an activating group) is 1. The molecule has 2 aliphatic heterocycles. The van der Waals surface area contributed by atoms with Crippen LogP contribution in [0.15, 0.2) is 18.2 Å². The molecule has 1 aromatic rings. The highest BCUT2D eigenvalue weighted by Crippen LogP contribution is 2.63. The van der Waals surface area contributed by atoms with Crippen molar-refractivity contribution in [3.63, 3.8) is 0 Å². The molecular formula is C18H19NO4. The molecule has 1 spiro atoms. The minimum absolute atomic E-state index is 0.0233. The van der Waals surface area contributed by atoms with Crippen molar-refractivity contribution in [2.24, 2.45) is 5.92 Å². The van der Waals surface area contributed by atoms with Crippen molar-refractivity contribution in [2.75, 3.05) is 20.7 Å². The number of phenols is 1. The largest absolute Gasteiger partial charge is 0.508 e. The second-order valence-electron chi connectivity index (χ2n) is 7.11. The summed E-state index contributed by atoms with van der Waals surface area (Å²) in [6, 6.07) is 1.91. The van der Waals surface area contributed by atoms with Crippen LogP contribution >= 0.6 is 0 Å². The summed E-state index contributed by atoms with van der Waals surface area (Å²) in [4.78, 5) is 14.9. The number of carbonyl (C=O) groups is 1. The Morgan fingerprint density at radius 3 is 3.09 bits per heavy atom. The van der Waals surface area contributed by atoms with Crippen molar-refractivity contribution < 1.29 is 19.4 Å². The van der Waals surface area contributed by atoms with Crippen LogP contribution in [0.2, 0.25) is 0 Å². The van der Waals surface area contributed by atoms with Crippen LogP contribution in [0.3, 0.4) is 0 Å². The van der Waals surface area contributed by atoms with Crippen molar-refractivity contribution >= 4 is 5.78 Å². The van der Waals surface area contributed by atoms with E-state index < -0.39 is 6.10 Å². The van der Waals surface area contributed by atoms with Gasteiger partial charge in [-0.3, -0.25) is 4.79 Å². The van der Waals surface area contributed by atoms with E-state index in [4.69, 9.17) is 9.47 Å². The van der Waals surface area contributed by atoms with Crippen LogP contribution in [0.5, 0.6) is 17.2 Å². The van der Waals surface area contributed by atoms with E-state index in [2.05, 4.69) is 18.0 Å². The van der Waals surface area contributed by atoms with Gasteiger partial charge in [-0.2, -0.15) is 0 Å². The third-order valence-electron chi connectivity index (χ3n) is 6.31. The van der Waals surface area contributed by atoms with Crippen molar-refractivity contribution in [3.8, 4) is 17.2 Å². The number of ketones is 1. The number of benzene rings is 1. The van der Waals surface area contributed by atoms with Gasteiger partial charge >= 0.3 is 0 Å². The van der Waals surface area contributed by atoms with E-state index in [9.17, 15) is 9.90 Å². The zero-order chi connectivity index (χ0) is 15.9. The number of likely N-dealkylation sites (tertiary alicyclic amines) is 1. The van der Waals surface area contributed by atoms with Crippen LogP contribution in [0.1, 0.15) is 17.5 Å². The number of phenolic OH excluding ortho intramolecular Hbond substituents is 1. The van der Waals surface area contributed by atoms with Crippen LogP contribution in [0.25, 0.3) is 0 Å². The molecule has 1 aromatic carbocycles. The molecule has 4 aliphatic rings. The van der Waals surface area contributed by atoms with Gasteiger partial charge in [-0.1, -0.05) is 6.08 Å². The summed E-state index contributed by atoms with van der Waals surface area (Å²) in [6.07, 6.45) is 4.90. The summed E-state index contributed by atoms with van der Waals surface area (Å²) < 4.78 is 11.6. The lowest BCUT2D eigenvalue weighted by molar-refractivity contribution is -0.127. The van der Waals surface area contributed by atoms with Crippen molar-refractivity contribution in [3.05, 3.63) is 29.3 Å². The molecule has 1 N–H and O–H groups in total. The highest BCUT2D eigenvalue weighted by Gasteiger charge is 2.65. The van der Waals surface area contributed by atoms with Gasteiger partial charge in [-0.25, -0.2) is 0 Å². The van der Waals surface area contributed by atoms with Crippen LogP contribution in [0.4, 0.5) is 0 Å². The van der Waals surface area contributed by atoms with Gasteiger partial charge in [-0.05, 0) is 32.5 Å². The molecule has 0 aromatic heterocycles. The van der Waals surface area contributed by atoms with E-state index in [0.717, 1.165) is 30.5 Å². The first-order chi connectivity index (χ1) is 11.1. The summed E-state index contributed by atoms with van der Waals surface area (Å²) in [7, 11) is 3.69. The van der Waals surface area contributed by atoms with Crippen LogP contribution in [-0.4, -0.2) is 48.6 Å². The minimum Gasteiger partial charge on any atom is -0.508 e. The second kappa shape index (κ2) is 4.09. The van der Waals surface area contributed by atoms with E-state index in [1.807, 2.05) is 0 Å². The molecule has 0 radical (unpaired) electrons. The molecule has 1 saturated heterocycles. The smallest absolute Gasteiger partial charge is 0.196 e. The number of ether oxygens (including phenoxy) is 2. The third-order valence-corrected chi connectivity index (χ3v) is 6.31. The topological polar surface area (TPSA) is 59.0 Å². The van der Waals surface area contributed by atoms with E-state index >= 15 is 0 Å². The Morgan fingerprint density at radius 2 is 2.30 bits per heavy atom. The minimum atomic E-state index is -0.488. The summed E-state index contributed by atoms with van der Waals surface area (Å²) in [5.74, 6) is 1.70. The molecule has 4 atom stereocenters. The van der Waals surface area contributed by atoms with Crippen LogP contribution in [-0.2, 0) is 16.6 Å². The number of methoxy groups -OCH3 is 1. The summed E-state index contributed by atoms with van der Waals surface area (Å²) in [5.41, 5.74) is 1.60. The van der Waals surface area contributed by atoms with Gasteiger partial charge < -0.3 is 19.5 Å². The lowest BCUT2D eigenvalue weighted by atomic mass is 9.53. The standard InChI is InChI=1S/C18H19NO4/c1-19-6-5-18-10-3-4-12(20)17(18)23-16-14(22-2)8-13(21)9(15(16)18)7-11(10)19/h3-4,8,10-11,17,21H,5-7H2,1-2H3/t10-,11+,17-,18-/m0/s1. The second-order valence-corrected chi connectivity index (χ2v) is 7.11. The fourth-order valence-corrected chi connectivity index (χ4v) is 5.29. The number of nitrogens with zero attached hydrogens (tertiary/aromatic N) is 1. The molecule has 0 saturated carbocycles. The molecule has 120 valence electrons. The SMILES string of the molecule is COc1cc(O)c2c3c1O[C@H]1C(=O)C=C[C@H]4[C@@H](C2)N(C)CC[C@]314. The molecule has 2 heterocycles. The van der Waals surface area contributed by atoms with Gasteiger partial charge in [0.2, 0.25) is 0 Å². The summed E-state index contributed by atoms with van der Waals surface area (Å²) >= 11 is 0. The maximum atomic E-state index is 12.6. The number of rotatable bonds is 1. The Morgan fingerprint density at radius 1 is 1.48 bits per heavy atom. The molecule has 23 heavy (non-hydrogen) atoms. The van der Waals surface area contributed by atoms with Crippen LogP contribution in [0, 0.1) is 5.92 Å². The number of hydrogen-bond acceptors (Lipinski definition) is 5. The number of aromatic hydroxyl groups is 1. The predicted octanol–water partition coefficient (Wildman–Crippen LogP) is 1.41. The monoisotopic (exact) mass is 313 g/mol. The molecule has 2 bridgehead atoms. The lowest BCUT2D eigenvalue weighted by Crippen LogP contribution is -2.64. The Kier molecular flexibility index (Phi) is 2.39. The van der Waals surface area contributed by atoms with Crippen molar-refractivity contribution in [2.45, 2.75) is 30.4 Å². The molecule has 0 unspecified atom stereocenters. The Hall–Kier alpha value is -2.01. The van der Waals surface area contributed by atoms with Gasteiger partial charge in [0.1, 0.15) is 5.75 Å². The Balaban J connectivity index is 1.87. The van der Waals surface area contributed by atoms with E-state index in [-0.39, 0.29) is 28.9 Å². The first-order valence-electron chi connectivity index (χ1n) is 8.10. The van der Waals surface area contributed by atoms with Gasteiger partial charge in [0.15, 0.2) is 23.4 Å². The number of carbonyl (C=O) groups excluding carboxylic acids is 1. The summed E-state index contributed by atoms with van der Waals surface area (Å²) in [6.45, 7) is 0.930. The zero-order valence-electron chi connectivity index (χ0n) is 13.2. The van der Waals surface area contributed by atoms with E-state index in [0.29, 0.717) is 11.5 Å². The fraction of sp³-hybridized carbons (Fsp3) is 0.500. The van der Waals surface area contributed by atoms with Gasteiger partial charge in [0.05, 0.1) is 12.5 Å². The average Bonchev–Trinajstić information content (AvgIpc) is 2.89. The number of hydrogen-bond donors (Lipinski definition) is 1. The maximum absolute atomic E-state index is 12.6. The highest BCUT2D eigenvalue weighted by atomic mass is 16.5. The van der Waals surface area contributed by atoms with Gasteiger partial charge in [0.25, 0.3) is 0 Å². The number of piperidine rings is 1. The zero-order valence-corrected chi connectivity index (χ0v) is 13.2. The molecule has 5 rings (SSSR count). The average molecular weight is 313 g/mol. The fourth-order valence-electron chi connectivity index (χ4n) is 5.29.